The number of hydrogen-bond donors (Lipinski definition) is 1. The van der Waals surface area contributed by atoms with Gasteiger partial charge in [-0.2, -0.15) is 0 Å². The van der Waals surface area contributed by atoms with Gasteiger partial charge in [-0.05, 0) is 24.3 Å². The third-order valence-corrected chi connectivity index (χ3v) is 3.01. The van der Waals surface area contributed by atoms with Crippen LogP contribution in [0.2, 0.25) is 10.0 Å². The third kappa shape index (κ3) is 1.88. The zero-order valence-corrected chi connectivity index (χ0v) is 10.1. The minimum absolute atomic E-state index is 0.567. The standard InChI is InChI=1S/C12H7Cl2N3/c13-7-1-2-10-11(5-7)17-12(16-10)8-3-4-15-6-9(8)14/h1-6H,(H,16,17). The van der Waals surface area contributed by atoms with Gasteiger partial charge < -0.3 is 4.98 Å². The number of benzene rings is 1. The van der Waals surface area contributed by atoms with Gasteiger partial charge in [0.05, 0.1) is 16.1 Å². The van der Waals surface area contributed by atoms with Crippen molar-refractivity contribution < 1.29 is 0 Å². The number of imidazole rings is 1. The Bertz CT molecular complexity index is 691. The maximum Gasteiger partial charge on any atom is 0.140 e. The van der Waals surface area contributed by atoms with Crippen LogP contribution < -0.4 is 0 Å². The maximum absolute atomic E-state index is 6.07. The van der Waals surface area contributed by atoms with Crippen molar-refractivity contribution in [2.45, 2.75) is 0 Å². The van der Waals surface area contributed by atoms with Crippen LogP contribution in [0.25, 0.3) is 22.4 Å². The summed E-state index contributed by atoms with van der Waals surface area (Å²) in [5.74, 6) is 0.717. The lowest BCUT2D eigenvalue weighted by molar-refractivity contribution is 1.28. The molecule has 17 heavy (non-hydrogen) atoms. The molecule has 0 amide bonds. The normalized spacial score (nSPS) is 10.9. The number of hydrogen-bond acceptors (Lipinski definition) is 2. The van der Waals surface area contributed by atoms with Gasteiger partial charge in [-0.1, -0.05) is 23.2 Å². The van der Waals surface area contributed by atoms with E-state index in [4.69, 9.17) is 23.2 Å². The lowest BCUT2D eigenvalue weighted by Crippen LogP contribution is -1.82. The summed E-state index contributed by atoms with van der Waals surface area (Å²) in [7, 11) is 0. The van der Waals surface area contributed by atoms with Crippen LogP contribution in [0.4, 0.5) is 0 Å². The molecule has 1 N–H and O–H groups in total. The highest BCUT2D eigenvalue weighted by molar-refractivity contribution is 6.33. The fraction of sp³-hybridized carbons (Fsp3) is 0. The number of fused-ring (bicyclic) bond motifs is 1. The SMILES string of the molecule is Clc1ccc2nc(-c3ccncc3Cl)[nH]c2c1. The van der Waals surface area contributed by atoms with Gasteiger partial charge in [-0.25, -0.2) is 4.98 Å². The largest absolute Gasteiger partial charge is 0.338 e. The molecule has 0 radical (unpaired) electrons. The number of rotatable bonds is 1. The average Bonchev–Trinajstić information content (AvgIpc) is 2.72. The highest BCUT2D eigenvalue weighted by atomic mass is 35.5. The highest BCUT2D eigenvalue weighted by Crippen LogP contribution is 2.27. The smallest absolute Gasteiger partial charge is 0.140 e. The highest BCUT2D eigenvalue weighted by Gasteiger charge is 2.08. The fourth-order valence-electron chi connectivity index (χ4n) is 1.68. The van der Waals surface area contributed by atoms with E-state index >= 15 is 0 Å². The second-order valence-corrected chi connectivity index (χ2v) is 4.45. The van der Waals surface area contributed by atoms with Gasteiger partial charge >= 0.3 is 0 Å². The Labute approximate surface area is 107 Å². The minimum Gasteiger partial charge on any atom is -0.338 e. The van der Waals surface area contributed by atoms with Crippen LogP contribution in [0.15, 0.2) is 36.7 Å². The Morgan fingerprint density at radius 1 is 1.12 bits per heavy atom. The molecule has 0 saturated heterocycles. The second-order valence-electron chi connectivity index (χ2n) is 3.60. The van der Waals surface area contributed by atoms with Crippen LogP contribution in [0.3, 0.4) is 0 Å². The van der Waals surface area contributed by atoms with Crippen molar-refractivity contribution in [1.29, 1.82) is 0 Å². The van der Waals surface area contributed by atoms with Crippen molar-refractivity contribution in [3.8, 4) is 11.4 Å². The van der Waals surface area contributed by atoms with Crippen molar-refractivity contribution in [3.63, 3.8) is 0 Å². The van der Waals surface area contributed by atoms with Gasteiger partial charge in [0, 0.05) is 23.0 Å². The van der Waals surface area contributed by atoms with Crippen molar-refractivity contribution in [2.75, 3.05) is 0 Å². The van der Waals surface area contributed by atoms with E-state index in [0.29, 0.717) is 10.0 Å². The first kappa shape index (κ1) is 10.6. The number of H-pyrrole nitrogens is 1. The quantitative estimate of drug-likeness (QED) is 0.723. The monoisotopic (exact) mass is 263 g/mol. The van der Waals surface area contributed by atoms with Gasteiger partial charge in [0.2, 0.25) is 0 Å². The summed E-state index contributed by atoms with van der Waals surface area (Å²) >= 11 is 12.0. The van der Waals surface area contributed by atoms with E-state index in [1.807, 2.05) is 24.3 Å². The number of pyridine rings is 1. The summed E-state index contributed by atoms with van der Waals surface area (Å²) in [6.07, 6.45) is 3.28. The van der Waals surface area contributed by atoms with Crippen LogP contribution in [-0.4, -0.2) is 15.0 Å². The molecule has 5 heteroatoms. The van der Waals surface area contributed by atoms with Gasteiger partial charge in [0.15, 0.2) is 0 Å². The van der Waals surface area contributed by atoms with E-state index < -0.39 is 0 Å². The maximum atomic E-state index is 6.07. The van der Waals surface area contributed by atoms with E-state index in [-0.39, 0.29) is 0 Å². The minimum atomic E-state index is 0.567. The van der Waals surface area contributed by atoms with E-state index in [2.05, 4.69) is 15.0 Å². The number of nitrogens with one attached hydrogen (secondary N) is 1. The molecule has 0 aliphatic rings. The first-order valence-electron chi connectivity index (χ1n) is 4.99. The van der Waals surface area contributed by atoms with Crippen LogP contribution in [0.5, 0.6) is 0 Å². The molecule has 0 atom stereocenters. The Hall–Kier alpha value is -1.58. The molecule has 0 fully saturated rings. The molecule has 0 aliphatic heterocycles. The molecular weight excluding hydrogens is 257 g/mol. The molecule has 2 heterocycles. The third-order valence-electron chi connectivity index (χ3n) is 2.47. The van der Waals surface area contributed by atoms with E-state index in [9.17, 15) is 0 Å². The van der Waals surface area contributed by atoms with Crippen LogP contribution >= 0.6 is 23.2 Å². The van der Waals surface area contributed by atoms with Crippen LogP contribution in [-0.2, 0) is 0 Å². The number of aromatic amines is 1. The molecule has 2 aromatic heterocycles. The Balaban J connectivity index is 2.22. The fourth-order valence-corrected chi connectivity index (χ4v) is 2.06. The molecular formula is C12H7Cl2N3. The zero-order chi connectivity index (χ0) is 11.8. The average molecular weight is 264 g/mol. The first-order chi connectivity index (χ1) is 8.24. The molecule has 0 bridgehead atoms. The summed E-state index contributed by atoms with van der Waals surface area (Å²) in [4.78, 5) is 11.6. The number of aromatic nitrogens is 3. The van der Waals surface area contributed by atoms with Crippen molar-refractivity contribution in [3.05, 3.63) is 46.7 Å². The van der Waals surface area contributed by atoms with Gasteiger partial charge in [-0.15, -0.1) is 0 Å². The molecule has 84 valence electrons. The molecule has 1 aromatic carbocycles. The molecule has 0 aliphatic carbocycles. The van der Waals surface area contributed by atoms with E-state index in [1.54, 1.807) is 12.4 Å². The summed E-state index contributed by atoms with van der Waals surface area (Å²) in [6.45, 7) is 0. The predicted molar refractivity (Wildman–Crippen MR) is 69.3 cm³/mol. The molecule has 3 aromatic rings. The Morgan fingerprint density at radius 2 is 2.00 bits per heavy atom. The van der Waals surface area contributed by atoms with E-state index in [0.717, 1.165) is 22.4 Å². The number of halogens is 2. The zero-order valence-electron chi connectivity index (χ0n) is 8.61. The first-order valence-corrected chi connectivity index (χ1v) is 5.75. The van der Waals surface area contributed by atoms with E-state index in [1.165, 1.54) is 0 Å². The topological polar surface area (TPSA) is 41.6 Å². The van der Waals surface area contributed by atoms with Crippen LogP contribution in [0.1, 0.15) is 0 Å². The van der Waals surface area contributed by atoms with Crippen molar-refractivity contribution in [1.82, 2.24) is 15.0 Å². The molecule has 3 rings (SSSR count). The lowest BCUT2D eigenvalue weighted by Gasteiger charge is -1.97. The number of nitrogens with zero attached hydrogens (tertiary/aromatic N) is 2. The van der Waals surface area contributed by atoms with Gasteiger partial charge in [0.1, 0.15) is 5.82 Å². The van der Waals surface area contributed by atoms with Crippen LogP contribution in [0, 0.1) is 0 Å². The lowest BCUT2D eigenvalue weighted by atomic mass is 10.2. The Morgan fingerprint density at radius 3 is 2.82 bits per heavy atom. The molecule has 0 saturated carbocycles. The summed E-state index contributed by atoms with van der Waals surface area (Å²) in [5, 5.41) is 1.24. The summed E-state index contributed by atoms with van der Waals surface area (Å²) in [6, 6.07) is 7.33. The predicted octanol–water partition coefficient (Wildman–Crippen LogP) is 3.93. The Kier molecular flexibility index (Phi) is 2.50. The molecule has 0 spiro atoms. The molecule has 0 unspecified atom stereocenters. The second kappa shape index (κ2) is 4.02. The van der Waals surface area contributed by atoms with Crippen molar-refractivity contribution >= 4 is 34.2 Å². The van der Waals surface area contributed by atoms with Crippen molar-refractivity contribution in [2.24, 2.45) is 0 Å². The van der Waals surface area contributed by atoms with Gasteiger partial charge in [0.25, 0.3) is 0 Å². The summed E-state index contributed by atoms with van der Waals surface area (Å²) in [5.41, 5.74) is 2.58. The summed E-state index contributed by atoms with van der Waals surface area (Å²) < 4.78 is 0. The van der Waals surface area contributed by atoms with Gasteiger partial charge in [-0.3, -0.25) is 4.98 Å². The molecule has 3 nitrogen and oxygen atoms in total.